The molecule has 3 aromatic carbocycles. The summed E-state index contributed by atoms with van der Waals surface area (Å²) in [5, 5.41) is 3.23. The minimum absolute atomic E-state index is 0.246. The van der Waals surface area contributed by atoms with Gasteiger partial charge >= 0.3 is 5.97 Å². The Kier molecular flexibility index (Phi) is 6.22. The molecule has 0 aliphatic heterocycles. The van der Waals surface area contributed by atoms with Gasteiger partial charge < -0.3 is 9.47 Å². The third-order valence-electron chi connectivity index (χ3n) is 5.24. The van der Waals surface area contributed by atoms with Gasteiger partial charge in [-0.15, -0.1) is 0 Å². The molecule has 33 heavy (non-hydrogen) atoms. The number of para-hydroxylation sites is 2. The molecule has 7 heteroatoms. The van der Waals surface area contributed by atoms with Crippen molar-refractivity contribution in [1.29, 1.82) is 0 Å². The van der Waals surface area contributed by atoms with Crippen LogP contribution in [-0.2, 0) is 4.74 Å². The van der Waals surface area contributed by atoms with Crippen LogP contribution in [0.15, 0.2) is 88.6 Å². The monoisotopic (exact) mass is 441 g/mol. The summed E-state index contributed by atoms with van der Waals surface area (Å²) >= 11 is 0. The molecule has 4 aromatic rings. The summed E-state index contributed by atoms with van der Waals surface area (Å²) in [6, 6.07) is 23.6. The fourth-order valence-electron chi connectivity index (χ4n) is 3.59. The largest absolute Gasteiger partial charge is 0.497 e. The third kappa shape index (κ3) is 4.34. The third-order valence-corrected chi connectivity index (χ3v) is 5.24. The Labute approximate surface area is 190 Å². The second-order valence-electron chi connectivity index (χ2n) is 7.27. The van der Waals surface area contributed by atoms with E-state index >= 15 is 0 Å². The summed E-state index contributed by atoms with van der Waals surface area (Å²) in [5.41, 5.74) is 3.49. The Morgan fingerprint density at radius 2 is 1.58 bits per heavy atom. The van der Waals surface area contributed by atoms with Crippen LogP contribution in [0.4, 0.5) is 5.69 Å². The van der Waals surface area contributed by atoms with E-state index in [0.29, 0.717) is 39.7 Å². The first-order valence-corrected chi connectivity index (χ1v) is 10.3. The number of esters is 1. The Hall–Kier alpha value is -4.39. The molecular weight excluding hydrogens is 418 g/mol. The van der Waals surface area contributed by atoms with Crippen molar-refractivity contribution in [2.45, 2.75) is 6.92 Å². The molecule has 0 atom stereocenters. The first kappa shape index (κ1) is 21.8. The Morgan fingerprint density at radius 3 is 2.24 bits per heavy atom. The number of benzene rings is 3. The van der Waals surface area contributed by atoms with Crippen LogP contribution in [0.5, 0.6) is 5.75 Å². The summed E-state index contributed by atoms with van der Waals surface area (Å²) in [6.07, 6.45) is 0. The summed E-state index contributed by atoms with van der Waals surface area (Å²) in [5.74, 6) is 0.218. The number of aromatic amines is 1. The minimum atomic E-state index is -0.492. The molecular formula is C26H23N3O4. The zero-order chi connectivity index (χ0) is 23.4. The van der Waals surface area contributed by atoms with Crippen LogP contribution in [-0.4, -0.2) is 35.7 Å². The van der Waals surface area contributed by atoms with Crippen molar-refractivity contribution < 1.29 is 14.3 Å². The van der Waals surface area contributed by atoms with Gasteiger partial charge in [0.15, 0.2) is 0 Å². The van der Waals surface area contributed by atoms with E-state index in [2.05, 4.69) is 10.1 Å². The molecule has 166 valence electrons. The highest BCUT2D eigenvalue weighted by Crippen LogP contribution is 2.26. The Bertz CT molecular complexity index is 1370. The van der Waals surface area contributed by atoms with E-state index in [1.54, 1.807) is 38.3 Å². The number of carbonyl (C=O) groups excluding carboxylic acids is 1. The van der Waals surface area contributed by atoms with Gasteiger partial charge in [0.25, 0.3) is 5.56 Å². The van der Waals surface area contributed by atoms with E-state index in [4.69, 9.17) is 9.47 Å². The normalized spacial score (nSPS) is 11.3. The van der Waals surface area contributed by atoms with Gasteiger partial charge in [0.2, 0.25) is 0 Å². The molecule has 1 heterocycles. The standard InChI is InChI=1S/C26H23N3O4/c1-17(27-22-12-8-7-11-21(22)26(31)33-3)23-24(18-13-15-20(32-2)16-14-18)28-29(25(23)30)19-9-5-4-6-10-19/h4-16,28H,1-3H3. The zero-order valence-corrected chi connectivity index (χ0v) is 18.5. The van der Waals surface area contributed by atoms with Gasteiger partial charge in [0, 0.05) is 5.56 Å². The van der Waals surface area contributed by atoms with Crippen molar-refractivity contribution in [2.24, 2.45) is 4.99 Å². The molecule has 0 saturated heterocycles. The van der Waals surface area contributed by atoms with Crippen LogP contribution in [0, 0.1) is 0 Å². The minimum Gasteiger partial charge on any atom is -0.497 e. The van der Waals surface area contributed by atoms with Crippen LogP contribution in [0.25, 0.3) is 16.9 Å². The van der Waals surface area contributed by atoms with Gasteiger partial charge in [-0.05, 0) is 55.5 Å². The lowest BCUT2D eigenvalue weighted by atomic mass is 10.0. The van der Waals surface area contributed by atoms with Gasteiger partial charge in [-0.1, -0.05) is 30.3 Å². The van der Waals surface area contributed by atoms with E-state index in [9.17, 15) is 9.59 Å². The van der Waals surface area contributed by atoms with Crippen LogP contribution in [0.1, 0.15) is 22.8 Å². The van der Waals surface area contributed by atoms with Crippen molar-refractivity contribution in [3.63, 3.8) is 0 Å². The van der Waals surface area contributed by atoms with Crippen LogP contribution in [0.3, 0.4) is 0 Å². The number of nitrogens with one attached hydrogen (secondary N) is 1. The SMILES string of the molecule is COC(=O)c1ccccc1N=C(C)c1c(-c2ccc(OC)cc2)[nH]n(-c2ccccc2)c1=O. The highest BCUT2D eigenvalue weighted by Gasteiger charge is 2.20. The summed E-state index contributed by atoms with van der Waals surface area (Å²) < 4.78 is 11.6. The van der Waals surface area contributed by atoms with Crippen molar-refractivity contribution in [2.75, 3.05) is 14.2 Å². The van der Waals surface area contributed by atoms with Gasteiger partial charge in [-0.2, -0.15) is 0 Å². The smallest absolute Gasteiger partial charge is 0.340 e. The summed E-state index contributed by atoms with van der Waals surface area (Å²) in [7, 11) is 2.92. The topological polar surface area (TPSA) is 85.7 Å². The maximum absolute atomic E-state index is 13.5. The first-order chi connectivity index (χ1) is 16.0. The lowest BCUT2D eigenvalue weighted by Crippen LogP contribution is -2.19. The molecule has 1 aromatic heterocycles. The van der Waals surface area contributed by atoms with Crippen LogP contribution >= 0.6 is 0 Å². The predicted octanol–water partition coefficient (Wildman–Crippen LogP) is 4.77. The second-order valence-corrected chi connectivity index (χ2v) is 7.27. The quantitative estimate of drug-likeness (QED) is 0.345. The van der Waals surface area contributed by atoms with Crippen molar-refractivity contribution in [3.8, 4) is 22.7 Å². The number of hydrogen-bond donors (Lipinski definition) is 1. The number of nitrogens with zero attached hydrogens (tertiary/aromatic N) is 2. The van der Waals surface area contributed by atoms with Gasteiger partial charge in [-0.3, -0.25) is 14.9 Å². The molecule has 0 saturated carbocycles. The molecule has 1 N–H and O–H groups in total. The highest BCUT2D eigenvalue weighted by molar-refractivity contribution is 6.06. The fourth-order valence-corrected chi connectivity index (χ4v) is 3.59. The van der Waals surface area contributed by atoms with E-state index in [0.717, 1.165) is 5.56 Å². The molecule has 0 spiro atoms. The molecule has 0 radical (unpaired) electrons. The van der Waals surface area contributed by atoms with E-state index < -0.39 is 5.97 Å². The number of aliphatic imine (C=N–C) groups is 1. The number of carbonyl (C=O) groups is 1. The maximum Gasteiger partial charge on any atom is 0.340 e. The zero-order valence-electron chi connectivity index (χ0n) is 18.5. The lowest BCUT2D eigenvalue weighted by molar-refractivity contribution is 0.0601. The molecule has 0 aliphatic carbocycles. The summed E-state index contributed by atoms with van der Waals surface area (Å²) in [6.45, 7) is 1.75. The van der Waals surface area contributed by atoms with Crippen molar-refractivity contribution in [1.82, 2.24) is 9.78 Å². The van der Waals surface area contributed by atoms with Crippen molar-refractivity contribution in [3.05, 3.63) is 100 Å². The Morgan fingerprint density at radius 1 is 0.909 bits per heavy atom. The van der Waals surface area contributed by atoms with Crippen LogP contribution in [0.2, 0.25) is 0 Å². The molecule has 0 fully saturated rings. The number of hydrogen-bond acceptors (Lipinski definition) is 5. The average molecular weight is 441 g/mol. The highest BCUT2D eigenvalue weighted by atomic mass is 16.5. The average Bonchev–Trinajstić information content (AvgIpc) is 3.21. The molecule has 0 amide bonds. The van der Waals surface area contributed by atoms with Gasteiger partial charge in [0.1, 0.15) is 5.75 Å². The van der Waals surface area contributed by atoms with E-state index in [1.165, 1.54) is 11.8 Å². The Balaban J connectivity index is 1.91. The van der Waals surface area contributed by atoms with E-state index in [1.807, 2.05) is 54.6 Å². The number of aromatic nitrogens is 2. The van der Waals surface area contributed by atoms with E-state index in [-0.39, 0.29) is 5.56 Å². The molecule has 0 aliphatic rings. The molecule has 7 nitrogen and oxygen atoms in total. The molecule has 0 bridgehead atoms. The van der Waals surface area contributed by atoms with Gasteiger partial charge in [0.05, 0.1) is 48.1 Å². The first-order valence-electron chi connectivity index (χ1n) is 10.3. The number of H-pyrrole nitrogens is 1. The number of ether oxygens (including phenoxy) is 2. The van der Waals surface area contributed by atoms with Crippen molar-refractivity contribution >= 4 is 17.4 Å². The fraction of sp³-hybridized carbons (Fsp3) is 0.115. The lowest BCUT2D eigenvalue weighted by Gasteiger charge is -2.06. The second kappa shape index (κ2) is 9.40. The predicted molar refractivity (Wildman–Crippen MR) is 128 cm³/mol. The summed E-state index contributed by atoms with van der Waals surface area (Å²) in [4.78, 5) is 30.4. The number of rotatable bonds is 6. The van der Waals surface area contributed by atoms with Gasteiger partial charge in [-0.25, -0.2) is 9.48 Å². The number of methoxy groups -OCH3 is 2. The molecule has 4 rings (SSSR count). The van der Waals surface area contributed by atoms with Crippen LogP contribution < -0.4 is 10.3 Å². The molecule has 0 unspecified atom stereocenters. The maximum atomic E-state index is 13.5.